The maximum Gasteiger partial charge on any atom is 0.338 e. The van der Waals surface area contributed by atoms with E-state index < -0.39 is 36.0 Å². The van der Waals surface area contributed by atoms with Crippen molar-refractivity contribution in [2.75, 3.05) is 0 Å². The maximum atomic E-state index is 13.2. The van der Waals surface area contributed by atoms with E-state index in [9.17, 15) is 24.6 Å². The van der Waals surface area contributed by atoms with E-state index >= 15 is 0 Å². The molecule has 0 heterocycles. The van der Waals surface area contributed by atoms with Gasteiger partial charge in [0.25, 0.3) is 0 Å². The summed E-state index contributed by atoms with van der Waals surface area (Å²) in [6.07, 6.45) is 8.31. The number of carboxylic acid groups (broad SMARTS) is 1. The molecule has 0 radical (unpaired) electrons. The average molecular weight is 491 g/mol. The Bertz CT molecular complexity index is 1100. The summed E-state index contributed by atoms with van der Waals surface area (Å²) in [7, 11) is 0. The first kappa shape index (κ1) is 25.8. The molecule has 2 aromatic carbocycles. The summed E-state index contributed by atoms with van der Waals surface area (Å²) >= 11 is 0. The quantitative estimate of drug-likeness (QED) is 0.351. The molecule has 0 saturated heterocycles. The third kappa shape index (κ3) is 6.11. The molecule has 2 fully saturated rings. The number of ether oxygens (including phenoxy) is 1. The second kappa shape index (κ2) is 11.7. The number of carbonyl (C=O) groups excluding carboxylic acids is 2. The Morgan fingerprint density at radius 2 is 1.64 bits per heavy atom. The van der Waals surface area contributed by atoms with E-state index in [0.29, 0.717) is 18.8 Å². The summed E-state index contributed by atoms with van der Waals surface area (Å²) in [4.78, 5) is 37.7. The van der Waals surface area contributed by atoms with Crippen LogP contribution in [0.2, 0.25) is 0 Å². The second-order valence-electron chi connectivity index (χ2n) is 10.1. The first-order chi connectivity index (χ1) is 17.4. The van der Waals surface area contributed by atoms with Crippen LogP contribution >= 0.6 is 0 Å². The van der Waals surface area contributed by atoms with E-state index in [1.165, 1.54) is 12.5 Å². The van der Waals surface area contributed by atoms with E-state index in [1.54, 1.807) is 24.3 Å². The Morgan fingerprint density at radius 1 is 0.917 bits per heavy atom. The number of hydrogen-bond donors (Lipinski definition) is 2. The lowest BCUT2D eigenvalue weighted by Gasteiger charge is -2.35. The molecule has 0 aliphatic heterocycles. The number of esters is 1. The van der Waals surface area contributed by atoms with E-state index in [4.69, 9.17) is 4.74 Å². The standard InChI is InChI=1S/C30H34O6/c31-26(18-21-8-3-1-4-9-21)16-14-25-15-17-27(32)30(25,20-28(33)34)36-29(35)24-13-7-12-23(19-24)22-10-5-2-6-11-22/h2,5-7,10-14,16,19,21,25,27,32H,1,3-4,8-9,15,17-18,20H2,(H,33,34). The molecule has 0 amide bonds. The average Bonchev–Trinajstić information content (AvgIpc) is 3.17. The zero-order valence-electron chi connectivity index (χ0n) is 20.5. The third-order valence-electron chi connectivity index (χ3n) is 7.59. The van der Waals surface area contributed by atoms with Crippen molar-refractivity contribution < 1.29 is 29.3 Å². The number of carbonyl (C=O) groups is 3. The van der Waals surface area contributed by atoms with Crippen LogP contribution in [0.5, 0.6) is 0 Å². The molecule has 190 valence electrons. The number of rotatable bonds is 9. The largest absolute Gasteiger partial charge is 0.481 e. The van der Waals surface area contributed by atoms with Gasteiger partial charge in [-0.25, -0.2) is 4.79 Å². The summed E-state index contributed by atoms with van der Waals surface area (Å²) in [6, 6.07) is 16.5. The zero-order valence-corrected chi connectivity index (χ0v) is 20.5. The zero-order chi connectivity index (χ0) is 25.5. The fourth-order valence-corrected chi connectivity index (χ4v) is 5.65. The van der Waals surface area contributed by atoms with E-state index in [1.807, 2.05) is 36.4 Å². The van der Waals surface area contributed by atoms with Crippen LogP contribution in [-0.4, -0.2) is 39.6 Å². The van der Waals surface area contributed by atoms with Crippen LogP contribution in [0.25, 0.3) is 11.1 Å². The predicted octanol–water partition coefficient (Wildman–Crippen LogP) is 5.59. The van der Waals surface area contributed by atoms with Crippen molar-refractivity contribution in [2.24, 2.45) is 11.8 Å². The van der Waals surface area contributed by atoms with Crippen molar-refractivity contribution in [3.05, 3.63) is 72.3 Å². The molecule has 2 aliphatic rings. The molecule has 2 N–H and O–H groups in total. The molecular weight excluding hydrogens is 456 g/mol. The fraction of sp³-hybridized carbons (Fsp3) is 0.433. The van der Waals surface area contributed by atoms with Gasteiger partial charge in [-0.1, -0.05) is 80.6 Å². The summed E-state index contributed by atoms with van der Waals surface area (Å²) in [5, 5.41) is 20.5. The minimum absolute atomic E-state index is 0.00518. The monoisotopic (exact) mass is 490 g/mol. The highest BCUT2D eigenvalue weighted by molar-refractivity contribution is 5.92. The Balaban J connectivity index is 1.54. The van der Waals surface area contributed by atoms with Crippen molar-refractivity contribution in [3.8, 4) is 11.1 Å². The normalized spacial score (nSPS) is 24.6. The van der Waals surface area contributed by atoms with Gasteiger partial charge in [-0.3, -0.25) is 9.59 Å². The lowest BCUT2D eigenvalue weighted by Crippen LogP contribution is -2.48. The van der Waals surface area contributed by atoms with Gasteiger partial charge in [-0.2, -0.15) is 0 Å². The van der Waals surface area contributed by atoms with Crippen molar-refractivity contribution in [2.45, 2.75) is 69.5 Å². The SMILES string of the molecule is O=C(O)CC1(OC(=O)c2cccc(-c3ccccc3)c2)C(O)CCC1C=CC(=O)CC1CCCCC1. The number of ketones is 1. The van der Waals surface area contributed by atoms with Gasteiger partial charge in [0.2, 0.25) is 0 Å². The molecule has 6 nitrogen and oxygen atoms in total. The molecule has 2 saturated carbocycles. The Morgan fingerprint density at radius 3 is 2.36 bits per heavy atom. The van der Waals surface area contributed by atoms with Gasteiger partial charge in [0, 0.05) is 12.3 Å². The Kier molecular flexibility index (Phi) is 8.36. The van der Waals surface area contributed by atoms with Crippen molar-refractivity contribution in [1.82, 2.24) is 0 Å². The summed E-state index contributed by atoms with van der Waals surface area (Å²) < 4.78 is 5.86. The van der Waals surface area contributed by atoms with Crippen molar-refractivity contribution in [1.29, 1.82) is 0 Å². The molecule has 2 aliphatic carbocycles. The smallest absolute Gasteiger partial charge is 0.338 e. The van der Waals surface area contributed by atoms with Crippen LogP contribution in [0.15, 0.2) is 66.7 Å². The highest BCUT2D eigenvalue weighted by Gasteiger charge is 2.53. The first-order valence-corrected chi connectivity index (χ1v) is 12.9. The summed E-state index contributed by atoms with van der Waals surface area (Å²) in [5.41, 5.74) is 0.406. The molecular formula is C30H34O6. The number of carboxylic acids is 1. The highest BCUT2D eigenvalue weighted by atomic mass is 16.6. The highest BCUT2D eigenvalue weighted by Crippen LogP contribution is 2.43. The lowest BCUT2D eigenvalue weighted by atomic mass is 9.83. The molecule has 0 spiro atoms. The van der Waals surface area contributed by atoms with E-state index in [0.717, 1.165) is 36.8 Å². The van der Waals surface area contributed by atoms with Crippen LogP contribution in [-0.2, 0) is 14.3 Å². The molecule has 6 heteroatoms. The summed E-state index contributed by atoms with van der Waals surface area (Å²) in [5.74, 6) is -2.05. The molecule has 3 atom stereocenters. The molecule has 0 bridgehead atoms. The Labute approximate surface area is 212 Å². The number of aliphatic hydroxyl groups is 1. The second-order valence-corrected chi connectivity index (χ2v) is 10.1. The van der Waals surface area contributed by atoms with Gasteiger partial charge in [0.1, 0.15) is 0 Å². The number of benzene rings is 2. The number of allylic oxidation sites excluding steroid dienone is 1. The molecule has 0 aromatic heterocycles. The molecule has 36 heavy (non-hydrogen) atoms. The van der Waals surface area contributed by atoms with Crippen LogP contribution in [0.4, 0.5) is 0 Å². The summed E-state index contributed by atoms with van der Waals surface area (Å²) in [6.45, 7) is 0. The van der Waals surface area contributed by atoms with Gasteiger partial charge >= 0.3 is 11.9 Å². The van der Waals surface area contributed by atoms with Gasteiger partial charge in [0.15, 0.2) is 11.4 Å². The lowest BCUT2D eigenvalue weighted by molar-refractivity contribution is -0.150. The van der Waals surface area contributed by atoms with Crippen LogP contribution < -0.4 is 0 Å². The number of aliphatic hydroxyl groups excluding tert-OH is 1. The minimum Gasteiger partial charge on any atom is -0.481 e. The van der Waals surface area contributed by atoms with Crippen LogP contribution in [0, 0.1) is 11.8 Å². The number of hydrogen-bond acceptors (Lipinski definition) is 5. The van der Waals surface area contributed by atoms with Crippen LogP contribution in [0.3, 0.4) is 0 Å². The van der Waals surface area contributed by atoms with E-state index in [2.05, 4.69) is 0 Å². The maximum absolute atomic E-state index is 13.2. The molecule has 2 aromatic rings. The topological polar surface area (TPSA) is 101 Å². The predicted molar refractivity (Wildman–Crippen MR) is 136 cm³/mol. The van der Waals surface area contributed by atoms with Gasteiger partial charge in [-0.15, -0.1) is 0 Å². The first-order valence-electron chi connectivity index (χ1n) is 12.9. The van der Waals surface area contributed by atoms with Gasteiger partial charge in [-0.05, 0) is 48.1 Å². The van der Waals surface area contributed by atoms with Crippen LogP contribution in [0.1, 0.15) is 68.1 Å². The van der Waals surface area contributed by atoms with Gasteiger partial charge in [0.05, 0.1) is 18.1 Å². The van der Waals surface area contributed by atoms with Crippen molar-refractivity contribution >= 4 is 17.7 Å². The minimum atomic E-state index is -1.63. The molecule has 3 unspecified atom stereocenters. The van der Waals surface area contributed by atoms with Crippen molar-refractivity contribution in [3.63, 3.8) is 0 Å². The Hall–Kier alpha value is -3.25. The van der Waals surface area contributed by atoms with Gasteiger partial charge < -0.3 is 14.9 Å². The fourth-order valence-electron chi connectivity index (χ4n) is 5.65. The third-order valence-corrected chi connectivity index (χ3v) is 7.59. The molecule has 4 rings (SSSR count). The van der Waals surface area contributed by atoms with E-state index in [-0.39, 0.29) is 17.8 Å². The number of aliphatic carboxylic acids is 1.